The lowest BCUT2D eigenvalue weighted by molar-refractivity contribution is 0.196. The molecule has 0 atom stereocenters. The van der Waals surface area contributed by atoms with E-state index in [1.54, 1.807) is 0 Å². The van der Waals surface area contributed by atoms with E-state index in [4.69, 9.17) is 5.26 Å². The lowest BCUT2D eigenvalue weighted by Crippen LogP contribution is -2.58. The summed E-state index contributed by atoms with van der Waals surface area (Å²) >= 11 is 0. The number of nitrogens with zero attached hydrogens (tertiary/aromatic N) is 5. The number of aromatic nitrogens is 2. The molecule has 1 aliphatic rings. The van der Waals surface area contributed by atoms with E-state index in [9.17, 15) is 0 Å². The molecule has 0 spiro atoms. The highest BCUT2D eigenvalue weighted by Crippen LogP contribution is 2.24. The van der Waals surface area contributed by atoms with Gasteiger partial charge in [-0.15, -0.1) is 5.10 Å². The Morgan fingerprint density at radius 1 is 1.12 bits per heavy atom. The molecule has 0 unspecified atom stereocenters. The number of rotatable bonds is 4. The molecule has 1 aromatic heterocycles. The molecule has 3 rings (SSSR count). The van der Waals surface area contributed by atoms with Crippen LogP contribution in [0.2, 0.25) is 0 Å². The first-order chi connectivity index (χ1) is 11.9. The van der Waals surface area contributed by atoms with E-state index in [1.165, 1.54) is 5.56 Å². The molecular weight excluding hydrogens is 310 g/mol. The maximum absolute atomic E-state index is 8.87. The van der Waals surface area contributed by atoms with E-state index in [1.807, 2.05) is 24.3 Å². The average molecular weight is 335 g/mol. The summed E-state index contributed by atoms with van der Waals surface area (Å²) in [5, 5.41) is 17.6. The van der Waals surface area contributed by atoms with Crippen molar-refractivity contribution in [2.24, 2.45) is 0 Å². The molecule has 5 nitrogen and oxygen atoms in total. The fourth-order valence-electron chi connectivity index (χ4n) is 2.92. The van der Waals surface area contributed by atoms with E-state index in [-0.39, 0.29) is 5.41 Å². The van der Waals surface area contributed by atoms with Crippen LogP contribution in [0.4, 0.5) is 5.82 Å². The summed E-state index contributed by atoms with van der Waals surface area (Å²) in [6, 6.07) is 14.6. The summed E-state index contributed by atoms with van der Waals surface area (Å²) in [4.78, 5) is 4.62. The molecule has 1 fully saturated rings. The molecule has 0 radical (unpaired) electrons. The van der Waals surface area contributed by atoms with Gasteiger partial charge in [-0.05, 0) is 36.9 Å². The number of benzene rings is 1. The summed E-state index contributed by atoms with van der Waals surface area (Å²) in [6.07, 6.45) is 0. The van der Waals surface area contributed by atoms with Crippen molar-refractivity contribution in [2.75, 3.05) is 25.0 Å². The van der Waals surface area contributed by atoms with Crippen LogP contribution in [0, 0.1) is 11.3 Å². The third-order valence-electron chi connectivity index (χ3n) is 4.74. The van der Waals surface area contributed by atoms with Crippen molar-refractivity contribution in [3.05, 3.63) is 53.2 Å². The van der Waals surface area contributed by atoms with Crippen molar-refractivity contribution >= 4 is 5.82 Å². The summed E-state index contributed by atoms with van der Waals surface area (Å²) in [7, 11) is 2.15. The van der Waals surface area contributed by atoms with E-state index in [2.05, 4.69) is 66.0 Å². The molecule has 1 aliphatic heterocycles. The molecule has 0 bridgehead atoms. The molecule has 130 valence electrons. The Bertz CT molecular complexity index is 747. The van der Waals surface area contributed by atoms with Crippen LogP contribution >= 0.6 is 0 Å². The van der Waals surface area contributed by atoms with E-state index in [0.717, 1.165) is 31.1 Å². The number of likely N-dealkylation sites (N-methyl/N-ethyl adjacent to an activating group) is 1. The smallest absolute Gasteiger partial charge is 0.151 e. The zero-order chi connectivity index (χ0) is 18.0. The van der Waals surface area contributed by atoms with Crippen molar-refractivity contribution in [3.63, 3.8) is 0 Å². The maximum Gasteiger partial charge on any atom is 0.151 e. The molecule has 0 N–H and O–H groups in total. The first-order valence-corrected chi connectivity index (χ1v) is 8.65. The zero-order valence-corrected chi connectivity index (χ0v) is 15.4. The largest absolute Gasteiger partial charge is 0.352 e. The second-order valence-electron chi connectivity index (χ2n) is 7.81. The normalized spacial score (nSPS) is 15.1. The summed E-state index contributed by atoms with van der Waals surface area (Å²) < 4.78 is 0. The Morgan fingerprint density at radius 2 is 1.80 bits per heavy atom. The second kappa shape index (κ2) is 6.81. The van der Waals surface area contributed by atoms with Gasteiger partial charge in [0.2, 0.25) is 0 Å². The molecule has 0 saturated carbocycles. The summed E-state index contributed by atoms with van der Waals surface area (Å²) in [6.45, 7) is 9.27. The minimum Gasteiger partial charge on any atom is -0.352 e. The van der Waals surface area contributed by atoms with Gasteiger partial charge in [-0.3, -0.25) is 4.90 Å². The minimum atomic E-state index is 0.0321. The SMILES string of the molecule is CN(Cc1ccc(C#N)cc1)C1CN(c2ccc(C(C)(C)C)nn2)C1. The monoisotopic (exact) mass is 335 g/mol. The van der Waals surface area contributed by atoms with Gasteiger partial charge in [-0.1, -0.05) is 32.9 Å². The van der Waals surface area contributed by atoms with Crippen molar-refractivity contribution in [3.8, 4) is 6.07 Å². The van der Waals surface area contributed by atoms with Crippen molar-refractivity contribution < 1.29 is 0 Å². The van der Waals surface area contributed by atoms with Crippen LogP contribution < -0.4 is 4.90 Å². The van der Waals surface area contributed by atoms with E-state index in [0.29, 0.717) is 11.6 Å². The lowest BCUT2D eigenvalue weighted by atomic mass is 9.92. The van der Waals surface area contributed by atoms with Gasteiger partial charge in [-0.25, -0.2) is 0 Å². The molecule has 5 heteroatoms. The first kappa shape index (κ1) is 17.4. The number of nitriles is 1. The van der Waals surface area contributed by atoms with Crippen LogP contribution in [-0.4, -0.2) is 41.3 Å². The Kier molecular flexibility index (Phi) is 4.73. The van der Waals surface area contributed by atoms with Crippen LogP contribution in [0.25, 0.3) is 0 Å². The third-order valence-corrected chi connectivity index (χ3v) is 4.74. The van der Waals surface area contributed by atoms with Crippen molar-refractivity contribution in [1.82, 2.24) is 15.1 Å². The first-order valence-electron chi connectivity index (χ1n) is 8.65. The Balaban J connectivity index is 1.53. The van der Waals surface area contributed by atoms with Crippen LogP contribution in [-0.2, 0) is 12.0 Å². The molecule has 1 saturated heterocycles. The highest BCUT2D eigenvalue weighted by Gasteiger charge is 2.31. The molecule has 0 amide bonds. The maximum atomic E-state index is 8.87. The van der Waals surface area contributed by atoms with Gasteiger partial charge in [0, 0.05) is 31.1 Å². The van der Waals surface area contributed by atoms with Crippen LogP contribution in [0.15, 0.2) is 36.4 Å². The molecular formula is C20H25N5. The quantitative estimate of drug-likeness (QED) is 0.860. The average Bonchev–Trinajstić information content (AvgIpc) is 2.54. The van der Waals surface area contributed by atoms with Gasteiger partial charge < -0.3 is 4.90 Å². The van der Waals surface area contributed by atoms with Crippen LogP contribution in [0.5, 0.6) is 0 Å². The number of hydrogen-bond donors (Lipinski definition) is 0. The van der Waals surface area contributed by atoms with Crippen molar-refractivity contribution in [1.29, 1.82) is 5.26 Å². The fraction of sp³-hybridized carbons (Fsp3) is 0.450. The highest BCUT2D eigenvalue weighted by molar-refractivity contribution is 5.42. The second-order valence-corrected chi connectivity index (χ2v) is 7.81. The summed E-state index contributed by atoms with van der Waals surface area (Å²) in [5.41, 5.74) is 2.99. The van der Waals surface area contributed by atoms with Gasteiger partial charge in [0.1, 0.15) is 0 Å². The zero-order valence-electron chi connectivity index (χ0n) is 15.4. The molecule has 1 aromatic carbocycles. The molecule has 25 heavy (non-hydrogen) atoms. The number of hydrogen-bond acceptors (Lipinski definition) is 5. The van der Waals surface area contributed by atoms with Crippen LogP contribution in [0.3, 0.4) is 0 Å². The lowest BCUT2D eigenvalue weighted by Gasteiger charge is -2.44. The Morgan fingerprint density at radius 3 is 2.32 bits per heavy atom. The van der Waals surface area contributed by atoms with Crippen LogP contribution in [0.1, 0.15) is 37.6 Å². The Labute approximate surface area is 149 Å². The number of anilines is 1. The highest BCUT2D eigenvalue weighted by atomic mass is 15.4. The van der Waals surface area contributed by atoms with E-state index < -0.39 is 0 Å². The predicted molar refractivity (Wildman–Crippen MR) is 99.4 cm³/mol. The van der Waals surface area contributed by atoms with E-state index >= 15 is 0 Å². The topological polar surface area (TPSA) is 56.1 Å². The predicted octanol–water partition coefficient (Wildman–Crippen LogP) is 2.97. The van der Waals surface area contributed by atoms with Gasteiger partial charge in [0.05, 0.1) is 17.3 Å². The minimum absolute atomic E-state index is 0.0321. The van der Waals surface area contributed by atoms with Gasteiger partial charge >= 0.3 is 0 Å². The molecule has 2 heterocycles. The summed E-state index contributed by atoms with van der Waals surface area (Å²) in [5.74, 6) is 0.955. The van der Waals surface area contributed by atoms with Crippen molar-refractivity contribution in [2.45, 2.75) is 38.8 Å². The molecule has 2 aromatic rings. The molecule has 0 aliphatic carbocycles. The fourth-order valence-corrected chi connectivity index (χ4v) is 2.92. The van der Waals surface area contributed by atoms with Gasteiger partial charge in [0.25, 0.3) is 0 Å². The Hall–Kier alpha value is -2.45. The standard InChI is InChI=1S/C20H25N5/c1-20(2,3)18-9-10-19(23-22-18)25-13-17(14-25)24(4)12-16-7-5-15(11-21)6-8-16/h5-10,17H,12-14H2,1-4H3. The van der Waals surface area contributed by atoms with Gasteiger partial charge in [-0.2, -0.15) is 10.4 Å². The third kappa shape index (κ3) is 3.97. The van der Waals surface area contributed by atoms with Gasteiger partial charge in [0.15, 0.2) is 5.82 Å².